The first-order chi connectivity index (χ1) is 17.7. The molecule has 4 rings (SSSR count). The molecular weight excluding hydrogens is 496 g/mol. The summed E-state index contributed by atoms with van der Waals surface area (Å²) >= 11 is 6.56. The number of nitrogens with zero attached hydrogens (tertiary/aromatic N) is 2. The van der Waals surface area contributed by atoms with Crippen LogP contribution < -0.4 is 4.90 Å². The number of benzene rings is 1. The molecule has 200 valence electrons. The number of esters is 1. The van der Waals surface area contributed by atoms with Gasteiger partial charge in [0.25, 0.3) is 5.91 Å². The average Bonchev–Trinajstić information content (AvgIpc) is 3.48. The molecule has 5 atom stereocenters. The Morgan fingerprint density at radius 1 is 1.32 bits per heavy atom. The maximum Gasteiger partial charge on any atom is 0.313 e. The highest BCUT2D eigenvalue weighted by molar-refractivity contribution is 6.34. The number of amides is 2. The van der Waals surface area contributed by atoms with E-state index in [0.717, 1.165) is 5.56 Å². The Labute approximate surface area is 222 Å². The summed E-state index contributed by atoms with van der Waals surface area (Å²) in [6, 6.07) is 4.40. The molecule has 0 aromatic heterocycles. The van der Waals surface area contributed by atoms with Crippen molar-refractivity contribution in [3.8, 4) is 0 Å². The van der Waals surface area contributed by atoms with Crippen LogP contribution in [0.3, 0.4) is 0 Å². The van der Waals surface area contributed by atoms with Gasteiger partial charge in [-0.25, -0.2) is 0 Å². The number of aryl methyl sites for hydroxylation is 1. The van der Waals surface area contributed by atoms with Gasteiger partial charge in [0.05, 0.1) is 22.2 Å². The van der Waals surface area contributed by atoms with Crippen molar-refractivity contribution in [2.45, 2.75) is 56.8 Å². The van der Waals surface area contributed by atoms with Gasteiger partial charge in [-0.15, -0.1) is 6.58 Å². The van der Waals surface area contributed by atoms with Crippen molar-refractivity contribution in [2.24, 2.45) is 11.8 Å². The van der Waals surface area contributed by atoms with Crippen molar-refractivity contribution in [3.63, 3.8) is 0 Å². The number of carbonyl (C=O) groups excluding carboxylic acids is 3. The van der Waals surface area contributed by atoms with Crippen LogP contribution in [-0.4, -0.2) is 71.3 Å². The van der Waals surface area contributed by atoms with E-state index in [-0.39, 0.29) is 44.5 Å². The SMILES string of the molecule is C=CCOC(=O)[C@@H]1[C@H]2C(=O)N(CCCO)C(C(=O)N(CC=C)c3c(C)cccc3Cl)C23CC[C@@]1(CC)O3. The first-order valence-electron chi connectivity index (χ1n) is 12.8. The van der Waals surface area contributed by atoms with Gasteiger partial charge in [-0.2, -0.15) is 0 Å². The van der Waals surface area contributed by atoms with Crippen LogP contribution in [-0.2, 0) is 23.9 Å². The van der Waals surface area contributed by atoms with Crippen LogP contribution in [0.2, 0.25) is 5.02 Å². The van der Waals surface area contributed by atoms with Gasteiger partial charge in [0.15, 0.2) is 0 Å². The summed E-state index contributed by atoms with van der Waals surface area (Å²) in [5, 5.41) is 9.96. The van der Waals surface area contributed by atoms with Crippen molar-refractivity contribution in [1.82, 2.24) is 4.90 Å². The third-order valence-electron chi connectivity index (χ3n) is 8.11. The van der Waals surface area contributed by atoms with Crippen molar-refractivity contribution >= 4 is 35.1 Å². The molecule has 2 unspecified atom stereocenters. The van der Waals surface area contributed by atoms with Crippen LogP contribution in [0.25, 0.3) is 0 Å². The predicted octanol–water partition coefficient (Wildman–Crippen LogP) is 3.43. The number of rotatable bonds is 11. The minimum absolute atomic E-state index is 0.0263. The normalized spacial score (nSPS) is 29.8. The first kappa shape index (κ1) is 27.4. The molecule has 1 aromatic rings. The highest BCUT2D eigenvalue weighted by Gasteiger charge is 2.79. The Balaban J connectivity index is 1.83. The Hall–Kier alpha value is -2.68. The van der Waals surface area contributed by atoms with Crippen molar-refractivity contribution in [2.75, 3.05) is 31.2 Å². The van der Waals surface area contributed by atoms with E-state index < -0.39 is 35.0 Å². The molecule has 9 heteroatoms. The summed E-state index contributed by atoms with van der Waals surface area (Å²) in [5.41, 5.74) is -0.728. The van der Waals surface area contributed by atoms with Crippen LogP contribution in [0, 0.1) is 18.8 Å². The Bertz CT molecular complexity index is 1090. The van der Waals surface area contributed by atoms with E-state index in [9.17, 15) is 19.5 Å². The molecule has 3 saturated heterocycles. The third kappa shape index (κ3) is 4.19. The lowest BCUT2D eigenvalue weighted by Gasteiger charge is -2.37. The standard InChI is InChI=1S/C28H35ClN2O6/c1-5-14-30(22-18(4)10-8-11-19(22)29)25(34)23-28-13-12-27(7-3,37-28)21(26(35)36-17-6-2)20(28)24(33)31(23)15-9-16-32/h5-6,8,10-11,20-21,23,32H,1-2,7,9,12-17H2,3-4H3/t20-,21-,23?,27+,28?/m0/s1. The minimum atomic E-state index is -1.19. The second-order valence-electron chi connectivity index (χ2n) is 10.0. The molecule has 1 spiro atoms. The molecule has 2 bridgehead atoms. The second-order valence-corrected chi connectivity index (χ2v) is 10.4. The van der Waals surface area contributed by atoms with Crippen molar-refractivity contribution in [3.05, 3.63) is 54.1 Å². The molecule has 37 heavy (non-hydrogen) atoms. The van der Waals surface area contributed by atoms with Gasteiger partial charge in [0, 0.05) is 19.7 Å². The average molecular weight is 531 g/mol. The zero-order chi connectivity index (χ0) is 27.0. The smallest absolute Gasteiger partial charge is 0.313 e. The van der Waals surface area contributed by atoms with E-state index in [1.807, 2.05) is 26.0 Å². The zero-order valence-corrected chi connectivity index (χ0v) is 22.2. The molecule has 0 aliphatic carbocycles. The number of hydrogen-bond acceptors (Lipinski definition) is 6. The molecule has 0 saturated carbocycles. The number of hydrogen-bond donors (Lipinski definition) is 1. The van der Waals surface area contributed by atoms with E-state index in [1.54, 1.807) is 17.0 Å². The Kier molecular flexibility index (Phi) is 7.83. The summed E-state index contributed by atoms with van der Waals surface area (Å²) in [5.74, 6) is -2.87. The number of likely N-dealkylation sites (tertiary alicyclic amines) is 1. The molecule has 2 amide bonds. The van der Waals surface area contributed by atoms with Crippen LogP contribution in [0.15, 0.2) is 43.5 Å². The minimum Gasteiger partial charge on any atom is -0.461 e. The molecular formula is C28H35ClN2O6. The van der Waals surface area contributed by atoms with E-state index in [0.29, 0.717) is 30.0 Å². The number of anilines is 1. The number of aliphatic hydroxyl groups is 1. The number of ether oxygens (including phenoxy) is 2. The number of carbonyl (C=O) groups is 3. The summed E-state index contributed by atoms with van der Waals surface area (Å²) in [7, 11) is 0. The molecule has 1 aromatic carbocycles. The summed E-state index contributed by atoms with van der Waals surface area (Å²) in [6.07, 6.45) is 4.87. The fourth-order valence-electron chi connectivity index (χ4n) is 6.60. The van der Waals surface area contributed by atoms with E-state index in [2.05, 4.69) is 13.2 Å². The predicted molar refractivity (Wildman–Crippen MR) is 140 cm³/mol. The van der Waals surface area contributed by atoms with E-state index in [4.69, 9.17) is 21.1 Å². The van der Waals surface area contributed by atoms with Crippen LogP contribution in [0.5, 0.6) is 0 Å². The largest absolute Gasteiger partial charge is 0.461 e. The number of halogens is 1. The molecule has 8 nitrogen and oxygen atoms in total. The van der Waals surface area contributed by atoms with Gasteiger partial charge in [-0.3, -0.25) is 14.4 Å². The van der Waals surface area contributed by atoms with Crippen LogP contribution in [0.4, 0.5) is 5.69 Å². The van der Waals surface area contributed by atoms with E-state index in [1.165, 1.54) is 11.0 Å². The highest BCUT2D eigenvalue weighted by atomic mass is 35.5. The Morgan fingerprint density at radius 2 is 2.08 bits per heavy atom. The highest BCUT2D eigenvalue weighted by Crippen LogP contribution is 2.64. The van der Waals surface area contributed by atoms with Gasteiger partial charge in [-0.1, -0.05) is 49.4 Å². The number of aliphatic hydroxyl groups excluding tert-OH is 1. The summed E-state index contributed by atoms with van der Waals surface area (Å²) in [4.78, 5) is 44.8. The Morgan fingerprint density at radius 3 is 2.70 bits per heavy atom. The number of para-hydroxylation sites is 1. The van der Waals surface area contributed by atoms with Gasteiger partial charge in [0.1, 0.15) is 24.2 Å². The summed E-state index contributed by atoms with van der Waals surface area (Å²) < 4.78 is 12.1. The monoisotopic (exact) mass is 530 g/mol. The molecule has 3 heterocycles. The molecule has 1 N–H and O–H groups in total. The van der Waals surface area contributed by atoms with Gasteiger partial charge >= 0.3 is 5.97 Å². The summed E-state index contributed by atoms with van der Waals surface area (Å²) in [6.45, 7) is 11.4. The lowest BCUT2D eigenvalue weighted by molar-refractivity contribution is -0.159. The molecule has 3 aliphatic heterocycles. The fraction of sp³-hybridized carbons (Fsp3) is 0.536. The van der Waals surface area contributed by atoms with Gasteiger partial charge in [0.2, 0.25) is 5.91 Å². The topological polar surface area (TPSA) is 96.4 Å². The maximum absolute atomic E-state index is 14.5. The van der Waals surface area contributed by atoms with Crippen LogP contribution >= 0.6 is 11.6 Å². The van der Waals surface area contributed by atoms with Gasteiger partial charge in [-0.05, 0) is 44.2 Å². The first-order valence-corrected chi connectivity index (χ1v) is 13.2. The maximum atomic E-state index is 14.5. The van der Waals surface area contributed by atoms with Crippen molar-refractivity contribution in [1.29, 1.82) is 0 Å². The van der Waals surface area contributed by atoms with Gasteiger partial charge < -0.3 is 24.4 Å². The van der Waals surface area contributed by atoms with Crippen LogP contribution in [0.1, 0.15) is 38.2 Å². The second kappa shape index (κ2) is 10.6. The molecule has 0 radical (unpaired) electrons. The lowest BCUT2D eigenvalue weighted by Crippen LogP contribution is -2.56. The molecule has 3 aliphatic rings. The van der Waals surface area contributed by atoms with Crippen molar-refractivity contribution < 1.29 is 29.0 Å². The fourth-order valence-corrected chi connectivity index (χ4v) is 6.93. The number of fused-ring (bicyclic) bond motifs is 1. The lowest BCUT2D eigenvalue weighted by atomic mass is 9.65. The van der Waals surface area contributed by atoms with E-state index >= 15 is 0 Å². The molecule has 3 fully saturated rings. The third-order valence-corrected chi connectivity index (χ3v) is 8.41. The quantitative estimate of drug-likeness (QED) is 0.348. The zero-order valence-electron chi connectivity index (χ0n) is 21.5.